The summed E-state index contributed by atoms with van der Waals surface area (Å²) in [6, 6.07) is 13.8. The van der Waals surface area contributed by atoms with E-state index in [9.17, 15) is 13.2 Å². The van der Waals surface area contributed by atoms with Crippen LogP contribution >= 0.6 is 11.6 Å². The third kappa shape index (κ3) is 6.15. The van der Waals surface area contributed by atoms with Crippen LogP contribution < -0.4 is 4.74 Å². The van der Waals surface area contributed by atoms with Gasteiger partial charge in [0, 0.05) is 24.9 Å². The largest absolute Gasteiger partial charge is 0.493 e. The quantitative estimate of drug-likeness (QED) is 0.410. The van der Waals surface area contributed by atoms with Gasteiger partial charge in [0.1, 0.15) is 5.75 Å². The van der Waals surface area contributed by atoms with Crippen molar-refractivity contribution >= 4 is 27.3 Å². The number of rotatable bonds is 9. The second-order valence-electron chi connectivity index (χ2n) is 8.17. The Kier molecular flexibility index (Phi) is 7.81. The van der Waals surface area contributed by atoms with E-state index in [2.05, 4.69) is 5.10 Å². The Labute approximate surface area is 199 Å². The van der Waals surface area contributed by atoms with Gasteiger partial charge in [-0.1, -0.05) is 37.6 Å². The molecule has 7 nitrogen and oxygen atoms in total. The molecule has 0 aliphatic heterocycles. The van der Waals surface area contributed by atoms with Crippen molar-refractivity contribution in [2.24, 2.45) is 0 Å². The molecule has 1 heterocycles. The molecule has 0 atom stereocenters. The molecule has 0 saturated heterocycles. The first kappa shape index (κ1) is 24.8. The van der Waals surface area contributed by atoms with Gasteiger partial charge in [-0.05, 0) is 48.7 Å². The van der Waals surface area contributed by atoms with Crippen LogP contribution in [0.1, 0.15) is 42.2 Å². The van der Waals surface area contributed by atoms with Crippen LogP contribution in [0, 0.1) is 0 Å². The Morgan fingerprint density at radius 2 is 1.91 bits per heavy atom. The molecule has 3 aromatic rings. The number of hydrogen-bond acceptors (Lipinski definition) is 5. The van der Waals surface area contributed by atoms with Gasteiger partial charge in [0.15, 0.2) is 9.84 Å². The van der Waals surface area contributed by atoms with Crippen LogP contribution in [0.2, 0.25) is 5.02 Å². The van der Waals surface area contributed by atoms with Crippen LogP contribution in [0.25, 0.3) is 5.69 Å². The van der Waals surface area contributed by atoms with Crippen molar-refractivity contribution in [2.75, 3.05) is 26.5 Å². The third-order valence-electron chi connectivity index (χ3n) is 5.12. The summed E-state index contributed by atoms with van der Waals surface area (Å²) in [4.78, 5) is 15.0. The minimum absolute atomic E-state index is 0.0734. The van der Waals surface area contributed by atoms with E-state index < -0.39 is 9.84 Å². The SMILES string of the molecule is CC(C)c1c(C(=O)N(C)CCCOc2cccc(S(C)(=O)=O)c2)cnn1-c1cccc(Cl)c1. The van der Waals surface area contributed by atoms with Crippen LogP contribution in [-0.4, -0.2) is 55.5 Å². The monoisotopic (exact) mass is 489 g/mol. The van der Waals surface area contributed by atoms with Crippen molar-refractivity contribution in [1.29, 1.82) is 0 Å². The van der Waals surface area contributed by atoms with Crippen LogP contribution in [0.4, 0.5) is 0 Å². The molecule has 176 valence electrons. The maximum absolute atomic E-state index is 13.1. The molecule has 2 aromatic carbocycles. The standard InChI is InChI=1S/C24H28ClN3O4S/c1-17(2)23-22(16-26-28(23)19-9-5-8-18(25)14-19)24(29)27(3)12-7-13-32-20-10-6-11-21(15-20)33(4,30)31/h5-6,8-11,14-17H,7,12-13H2,1-4H3. The Bertz CT molecular complexity index is 1240. The van der Waals surface area contributed by atoms with Gasteiger partial charge < -0.3 is 9.64 Å². The number of nitrogens with zero attached hydrogens (tertiary/aromatic N) is 3. The Morgan fingerprint density at radius 3 is 2.58 bits per heavy atom. The normalized spacial score (nSPS) is 11.6. The minimum Gasteiger partial charge on any atom is -0.493 e. The molecule has 1 amide bonds. The summed E-state index contributed by atoms with van der Waals surface area (Å²) >= 11 is 6.13. The summed E-state index contributed by atoms with van der Waals surface area (Å²) in [5.74, 6) is 0.437. The smallest absolute Gasteiger partial charge is 0.257 e. The summed E-state index contributed by atoms with van der Waals surface area (Å²) in [5.41, 5.74) is 2.18. The molecule has 0 aliphatic rings. The van der Waals surface area contributed by atoms with Gasteiger partial charge >= 0.3 is 0 Å². The molecule has 0 N–H and O–H groups in total. The van der Waals surface area contributed by atoms with Gasteiger partial charge in [0.05, 0.1) is 34.6 Å². The summed E-state index contributed by atoms with van der Waals surface area (Å²) < 4.78 is 30.8. The fourth-order valence-electron chi connectivity index (χ4n) is 3.49. The van der Waals surface area contributed by atoms with Crippen LogP contribution in [0.3, 0.4) is 0 Å². The van der Waals surface area contributed by atoms with E-state index in [0.29, 0.717) is 35.9 Å². The Morgan fingerprint density at radius 1 is 1.18 bits per heavy atom. The number of sulfone groups is 1. The molecule has 3 rings (SSSR count). The number of carbonyl (C=O) groups is 1. The maximum atomic E-state index is 13.1. The molecule has 0 spiro atoms. The predicted octanol–water partition coefficient (Wildman–Crippen LogP) is 4.59. The van der Waals surface area contributed by atoms with E-state index in [0.717, 1.165) is 17.6 Å². The Hall–Kier alpha value is -2.84. The fourth-order valence-corrected chi connectivity index (χ4v) is 4.33. The van der Waals surface area contributed by atoms with Crippen LogP contribution in [0.15, 0.2) is 59.6 Å². The van der Waals surface area contributed by atoms with Gasteiger partial charge in [-0.15, -0.1) is 0 Å². The van der Waals surface area contributed by atoms with Crippen molar-refractivity contribution in [2.45, 2.75) is 31.1 Å². The van der Waals surface area contributed by atoms with E-state index in [-0.39, 0.29) is 16.7 Å². The topological polar surface area (TPSA) is 81.5 Å². The van der Waals surface area contributed by atoms with Gasteiger partial charge in [-0.3, -0.25) is 4.79 Å². The molecule has 0 fully saturated rings. The van der Waals surface area contributed by atoms with E-state index in [4.69, 9.17) is 16.3 Å². The molecule has 1 aromatic heterocycles. The first-order chi connectivity index (χ1) is 15.6. The summed E-state index contributed by atoms with van der Waals surface area (Å²) in [6.45, 7) is 4.87. The van der Waals surface area contributed by atoms with Crippen LogP contribution in [0.5, 0.6) is 5.75 Å². The molecule has 0 radical (unpaired) electrons. The van der Waals surface area contributed by atoms with Crippen molar-refractivity contribution in [3.05, 3.63) is 71.0 Å². The van der Waals surface area contributed by atoms with Crippen molar-refractivity contribution < 1.29 is 17.9 Å². The highest BCUT2D eigenvalue weighted by Crippen LogP contribution is 2.25. The highest BCUT2D eigenvalue weighted by molar-refractivity contribution is 7.90. The molecule has 0 bridgehead atoms. The highest BCUT2D eigenvalue weighted by atomic mass is 35.5. The van der Waals surface area contributed by atoms with E-state index in [1.807, 2.05) is 32.0 Å². The summed E-state index contributed by atoms with van der Waals surface area (Å²) in [5, 5.41) is 5.05. The average molecular weight is 490 g/mol. The van der Waals surface area contributed by atoms with Gasteiger partial charge in [0.2, 0.25) is 0 Å². The van der Waals surface area contributed by atoms with Crippen molar-refractivity contribution in [3.8, 4) is 11.4 Å². The van der Waals surface area contributed by atoms with E-state index in [1.165, 1.54) is 12.1 Å². The van der Waals surface area contributed by atoms with Gasteiger partial charge in [0.25, 0.3) is 5.91 Å². The highest BCUT2D eigenvalue weighted by Gasteiger charge is 2.23. The lowest BCUT2D eigenvalue weighted by Crippen LogP contribution is -2.29. The second-order valence-corrected chi connectivity index (χ2v) is 10.6. The zero-order valence-electron chi connectivity index (χ0n) is 19.2. The number of carbonyl (C=O) groups excluding carboxylic acids is 1. The van der Waals surface area contributed by atoms with E-state index in [1.54, 1.807) is 41.0 Å². The fraction of sp³-hybridized carbons (Fsp3) is 0.333. The van der Waals surface area contributed by atoms with Gasteiger partial charge in [-0.2, -0.15) is 5.10 Å². The number of halogens is 1. The molecule has 0 aliphatic carbocycles. The number of hydrogen-bond donors (Lipinski definition) is 0. The van der Waals surface area contributed by atoms with E-state index >= 15 is 0 Å². The van der Waals surface area contributed by atoms with Crippen molar-refractivity contribution in [3.63, 3.8) is 0 Å². The van der Waals surface area contributed by atoms with Crippen molar-refractivity contribution in [1.82, 2.24) is 14.7 Å². The van der Waals surface area contributed by atoms with Crippen LogP contribution in [-0.2, 0) is 9.84 Å². The molecule has 33 heavy (non-hydrogen) atoms. The zero-order chi connectivity index (χ0) is 24.2. The lowest BCUT2D eigenvalue weighted by molar-refractivity contribution is 0.0786. The summed E-state index contributed by atoms with van der Waals surface area (Å²) in [7, 11) is -1.55. The summed E-state index contributed by atoms with van der Waals surface area (Å²) in [6.07, 6.45) is 3.35. The number of aromatic nitrogens is 2. The molecule has 9 heteroatoms. The predicted molar refractivity (Wildman–Crippen MR) is 129 cm³/mol. The molecule has 0 saturated carbocycles. The van der Waals surface area contributed by atoms with Gasteiger partial charge in [-0.25, -0.2) is 13.1 Å². The third-order valence-corrected chi connectivity index (χ3v) is 6.47. The molecular weight excluding hydrogens is 462 g/mol. The number of benzene rings is 2. The number of ether oxygens (including phenoxy) is 1. The molecular formula is C24H28ClN3O4S. The zero-order valence-corrected chi connectivity index (χ0v) is 20.7. The molecule has 0 unspecified atom stereocenters. The first-order valence-electron chi connectivity index (χ1n) is 10.6. The maximum Gasteiger partial charge on any atom is 0.257 e. The lowest BCUT2D eigenvalue weighted by Gasteiger charge is -2.19. The minimum atomic E-state index is -3.29. The second kappa shape index (κ2) is 10.4. The Balaban J connectivity index is 1.65. The lowest BCUT2D eigenvalue weighted by atomic mass is 10.0. The average Bonchev–Trinajstić information content (AvgIpc) is 3.21. The number of amides is 1. The first-order valence-corrected chi connectivity index (χ1v) is 12.9.